The average Bonchev–Trinajstić information content (AvgIpc) is 2.40. The van der Waals surface area contributed by atoms with Gasteiger partial charge >= 0.3 is 0 Å². The smallest absolute Gasteiger partial charge is 0.136 e. The van der Waals surface area contributed by atoms with E-state index in [1.165, 1.54) is 30.0 Å². The molecule has 0 aromatic heterocycles. The Bertz CT molecular complexity index is 572. The summed E-state index contributed by atoms with van der Waals surface area (Å²) >= 11 is 1.22. The van der Waals surface area contributed by atoms with E-state index in [9.17, 15) is 13.2 Å². The highest BCUT2D eigenvalue weighted by Gasteiger charge is 2.13. The van der Waals surface area contributed by atoms with Gasteiger partial charge in [-0.15, -0.1) is 11.8 Å². The van der Waals surface area contributed by atoms with Gasteiger partial charge in [0, 0.05) is 16.7 Å². The van der Waals surface area contributed by atoms with Gasteiger partial charge in [-0.25, -0.2) is 13.2 Å². The van der Waals surface area contributed by atoms with Crippen LogP contribution in [0.25, 0.3) is 0 Å². The van der Waals surface area contributed by atoms with Crippen LogP contribution in [0.2, 0.25) is 0 Å². The van der Waals surface area contributed by atoms with Gasteiger partial charge in [0.15, 0.2) is 0 Å². The van der Waals surface area contributed by atoms with Gasteiger partial charge in [0.1, 0.15) is 17.5 Å². The van der Waals surface area contributed by atoms with Gasteiger partial charge in [-0.3, -0.25) is 11.3 Å². The molecule has 2 rings (SSSR count). The largest absolute Gasteiger partial charge is 0.271 e. The SMILES string of the molecule is NNC(CSc1ccccc1F)c1cc(F)cc(F)c1. The van der Waals surface area contributed by atoms with Gasteiger partial charge < -0.3 is 0 Å². The molecule has 0 radical (unpaired) electrons. The number of nitrogens with one attached hydrogen (secondary N) is 1. The Kier molecular flexibility index (Phi) is 5.05. The van der Waals surface area contributed by atoms with E-state index in [1.54, 1.807) is 18.2 Å². The van der Waals surface area contributed by atoms with Crippen LogP contribution in [-0.4, -0.2) is 5.75 Å². The van der Waals surface area contributed by atoms with E-state index in [4.69, 9.17) is 5.84 Å². The van der Waals surface area contributed by atoms with Crippen LogP contribution in [0.15, 0.2) is 47.4 Å². The molecule has 0 bridgehead atoms. The summed E-state index contributed by atoms with van der Waals surface area (Å²) in [4.78, 5) is 0.463. The Morgan fingerprint density at radius 1 is 1.05 bits per heavy atom. The summed E-state index contributed by atoms with van der Waals surface area (Å²) in [6.07, 6.45) is 0. The number of rotatable bonds is 5. The van der Waals surface area contributed by atoms with Crippen LogP contribution in [0.3, 0.4) is 0 Å². The third-order valence-corrected chi connectivity index (χ3v) is 3.87. The molecule has 1 unspecified atom stereocenters. The molecule has 0 spiro atoms. The number of hydrogen-bond acceptors (Lipinski definition) is 3. The zero-order valence-electron chi connectivity index (χ0n) is 10.4. The van der Waals surface area contributed by atoms with Gasteiger partial charge in [0.25, 0.3) is 0 Å². The summed E-state index contributed by atoms with van der Waals surface area (Å²) in [6, 6.07) is 9.03. The fraction of sp³-hybridized carbons (Fsp3) is 0.143. The molecule has 0 amide bonds. The second-order valence-corrected chi connectivity index (χ2v) is 5.23. The van der Waals surface area contributed by atoms with Crippen LogP contribution in [-0.2, 0) is 0 Å². The van der Waals surface area contributed by atoms with E-state index in [1.807, 2.05) is 0 Å². The van der Waals surface area contributed by atoms with Crippen molar-refractivity contribution in [1.82, 2.24) is 5.43 Å². The van der Waals surface area contributed by atoms with Gasteiger partial charge in [-0.05, 0) is 29.8 Å². The lowest BCUT2D eigenvalue weighted by molar-refractivity contribution is 0.558. The number of halogens is 3. The summed E-state index contributed by atoms with van der Waals surface area (Å²) in [6.45, 7) is 0. The molecule has 0 aliphatic carbocycles. The number of nitrogens with two attached hydrogens (primary N) is 1. The van der Waals surface area contributed by atoms with Crippen molar-refractivity contribution in [3.63, 3.8) is 0 Å². The van der Waals surface area contributed by atoms with Gasteiger partial charge in [0.2, 0.25) is 0 Å². The monoisotopic (exact) mass is 298 g/mol. The molecular formula is C14H13F3N2S. The minimum Gasteiger partial charge on any atom is -0.271 e. The quantitative estimate of drug-likeness (QED) is 0.505. The highest BCUT2D eigenvalue weighted by Crippen LogP contribution is 2.27. The molecule has 3 N–H and O–H groups in total. The van der Waals surface area contributed by atoms with Gasteiger partial charge in [-0.2, -0.15) is 0 Å². The van der Waals surface area contributed by atoms with Gasteiger partial charge in [-0.1, -0.05) is 12.1 Å². The lowest BCUT2D eigenvalue weighted by Crippen LogP contribution is -2.29. The Morgan fingerprint density at radius 2 is 1.70 bits per heavy atom. The third-order valence-electron chi connectivity index (χ3n) is 2.73. The third kappa shape index (κ3) is 3.75. The molecular weight excluding hydrogens is 285 g/mol. The Hall–Kier alpha value is -1.50. The topological polar surface area (TPSA) is 38.0 Å². The molecule has 2 aromatic carbocycles. The van der Waals surface area contributed by atoms with E-state index in [-0.39, 0.29) is 5.82 Å². The standard InChI is InChI=1S/C14H13F3N2S/c15-10-5-9(6-11(16)7-10)13(19-18)8-20-14-4-2-1-3-12(14)17/h1-7,13,19H,8,18H2. The predicted octanol–water partition coefficient (Wildman–Crippen LogP) is 3.40. The van der Waals surface area contributed by atoms with E-state index in [2.05, 4.69) is 5.43 Å². The second-order valence-electron chi connectivity index (χ2n) is 4.16. The van der Waals surface area contributed by atoms with Crippen LogP contribution in [0.4, 0.5) is 13.2 Å². The fourth-order valence-electron chi connectivity index (χ4n) is 1.75. The van der Waals surface area contributed by atoms with Crippen molar-refractivity contribution in [1.29, 1.82) is 0 Å². The summed E-state index contributed by atoms with van der Waals surface area (Å²) in [7, 11) is 0. The van der Waals surface area contributed by atoms with Crippen LogP contribution < -0.4 is 11.3 Å². The first-order chi connectivity index (χ1) is 9.60. The summed E-state index contributed by atoms with van der Waals surface area (Å²) in [5.74, 6) is 4.08. The molecule has 0 heterocycles. The maximum atomic E-state index is 13.5. The zero-order valence-corrected chi connectivity index (χ0v) is 11.3. The predicted molar refractivity (Wildman–Crippen MR) is 73.5 cm³/mol. The van der Waals surface area contributed by atoms with Crippen molar-refractivity contribution in [3.05, 3.63) is 65.5 Å². The summed E-state index contributed by atoms with van der Waals surface area (Å²) in [5, 5.41) is 0. The Balaban J connectivity index is 2.11. The molecule has 2 aromatic rings. The Labute approximate surface area is 119 Å². The van der Waals surface area contributed by atoms with Crippen molar-refractivity contribution in [2.45, 2.75) is 10.9 Å². The molecule has 2 nitrogen and oxygen atoms in total. The normalized spacial score (nSPS) is 12.4. The first kappa shape index (κ1) is 14.9. The number of hydrogen-bond donors (Lipinski definition) is 2. The van der Waals surface area contributed by atoms with Crippen LogP contribution in [0.5, 0.6) is 0 Å². The van der Waals surface area contributed by atoms with Gasteiger partial charge in [0.05, 0.1) is 6.04 Å². The minimum atomic E-state index is -0.670. The molecule has 0 aliphatic rings. The summed E-state index contributed by atoms with van der Waals surface area (Å²) in [5.41, 5.74) is 2.87. The van der Waals surface area contributed by atoms with E-state index < -0.39 is 17.7 Å². The van der Waals surface area contributed by atoms with Crippen LogP contribution in [0, 0.1) is 17.5 Å². The van der Waals surface area contributed by atoms with E-state index >= 15 is 0 Å². The molecule has 0 saturated carbocycles. The van der Waals surface area contributed by atoms with Crippen molar-refractivity contribution < 1.29 is 13.2 Å². The van der Waals surface area contributed by atoms with Crippen LogP contribution >= 0.6 is 11.8 Å². The van der Waals surface area contributed by atoms with Crippen molar-refractivity contribution >= 4 is 11.8 Å². The van der Waals surface area contributed by atoms with Crippen molar-refractivity contribution in [2.75, 3.05) is 5.75 Å². The molecule has 6 heteroatoms. The minimum absolute atomic E-state index is 0.335. The first-order valence-corrected chi connectivity index (χ1v) is 6.88. The lowest BCUT2D eigenvalue weighted by Gasteiger charge is -2.16. The van der Waals surface area contributed by atoms with Crippen molar-refractivity contribution in [3.8, 4) is 0 Å². The lowest BCUT2D eigenvalue weighted by atomic mass is 10.1. The highest BCUT2D eigenvalue weighted by atomic mass is 32.2. The average molecular weight is 298 g/mol. The molecule has 20 heavy (non-hydrogen) atoms. The fourth-order valence-corrected chi connectivity index (χ4v) is 2.77. The maximum absolute atomic E-state index is 13.5. The van der Waals surface area contributed by atoms with E-state index in [0.717, 1.165) is 6.07 Å². The van der Waals surface area contributed by atoms with E-state index in [0.29, 0.717) is 16.2 Å². The number of hydrazine groups is 1. The number of benzene rings is 2. The number of thioether (sulfide) groups is 1. The zero-order chi connectivity index (χ0) is 14.5. The molecule has 1 atom stereocenters. The maximum Gasteiger partial charge on any atom is 0.136 e. The molecule has 0 aliphatic heterocycles. The Morgan fingerprint density at radius 3 is 2.30 bits per heavy atom. The first-order valence-electron chi connectivity index (χ1n) is 5.89. The highest BCUT2D eigenvalue weighted by molar-refractivity contribution is 7.99. The molecule has 0 fully saturated rings. The molecule has 106 valence electrons. The van der Waals surface area contributed by atoms with Crippen LogP contribution in [0.1, 0.15) is 11.6 Å². The summed E-state index contributed by atoms with van der Waals surface area (Å²) < 4.78 is 39.8. The molecule has 0 saturated heterocycles. The second kappa shape index (κ2) is 6.78. The van der Waals surface area contributed by atoms with Crippen molar-refractivity contribution in [2.24, 2.45) is 5.84 Å².